The molecule has 182 valence electrons. The van der Waals surface area contributed by atoms with Gasteiger partial charge < -0.3 is 14.8 Å². The van der Waals surface area contributed by atoms with Crippen LogP contribution in [-0.2, 0) is 6.54 Å². The lowest BCUT2D eigenvalue weighted by atomic mass is 9.88. The molecule has 2 aromatic heterocycles. The molecule has 5 nitrogen and oxygen atoms in total. The van der Waals surface area contributed by atoms with E-state index in [1.807, 2.05) is 24.3 Å². The fraction of sp³-hybridized carbons (Fsp3) is 0.517. The number of benzene rings is 1. The Morgan fingerprint density at radius 1 is 1.12 bits per heavy atom. The Labute approximate surface area is 204 Å². The number of rotatable bonds is 8. The van der Waals surface area contributed by atoms with E-state index in [-0.39, 0.29) is 5.91 Å². The molecule has 1 saturated heterocycles. The van der Waals surface area contributed by atoms with E-state index in [0.717, 1.165) is 31.6 Å². The quantitative estimate of drug-likeness (QED) is 0.430. The van der Waals surface area contributed by atoms with Gasteiger partial charge in [0.2, 0.25) is 0 Å². The van der Waals surface area contributed by atoms with Crippen molar-refractivity contribution in [3.63, 3.8) is 0 Å². The van der Waals surface area contributed by atoms with Crippen molar-refractivity contribution in [1.29, 1.82) is 0 Å². The molecule has 1 fully saturated rings. The average molecular weight is 461 g/mol. The van der Waals surface area contributed by atoms with Gasteiger partial charge >= 0.3 is 0 Å². The summed E-state index contributed by atoms with van der Waals surface area (Å²) in [6.07, 6.45) is 8.72. The molecular formula is C29H40N4O. The summed E-state index contributed by atoms with van der Waals surface area (Å²) in [6.45, 7) is 14.1. The molecule has 1 aliphatic rings. The van der Waals surface area contributed by atoms with E-state index in [1.54, 1.807) is 0 Å². The van der Waals surface area contributed by atoms with Crippen LogP contribution in [0.2, 0.25) is 0 Å². The normalized spacial score (nSPS) is 15.6. The smallest absolute Gasteiger partial charge is 0.251 e. The fourth-order valence-corrected chi connectivity index (χ4v) is 4.98. The molecule has 5 heteroatoms. The van der Waals surface area contributed by atoms with E-state index in [4.69, 9.17) is 4.98 Å². The number of carbonyl (C=O) groups excluding carboxylic acids is 1. The van der Waals surface area contributed by atoms with Crippen molar-refractivity contribution in [2.45, 2.75) is 65.8 Å². The van der Waals surface area contributed by atoms with Gasteiger partial charge in [-0.3, -0.25) is 4.79 Å². The maximum Gasteiger partial charge on any atom is 0.251 e. The van der Waals surface area contributed by atoms with Crippen molar-refractivity contribution in [3.8, 4) is 0 Å². The number of aromatic nitrogens is 2. The molecule has 34 heavy (non-hydrogen) atoms. The predicted molar refractivity (Wildman–Crippen MR) is 140 cm³/mol. The van der Waals surface area contributed by atoms with Crippen LogP contribution < -0.4 is 5.32 Å². The van der Waals surface area contributed by atoms with Gasteiger partial charge in [0.1, 0.15) is 5.65 Å². The number of nitrogens with one attached hydrogen (secondary N) is 1. The lowest BCUT2D eigenvalue weighted by molar-refractivity contribution is 0.0953. The number of nitrogens with zero attached hydrogens (tertiary/aromatic N) is 3. The van der Waals surface area contributed by atoms with Gasteiger partial charge in [-0.05, 0) is 79.1 Å². The van der Waals surface area contributed by atoms with Crippen molar-refractivity contribution in [1.82, 2.24) is 19.8 Å². The van der Waals surface area contributed by atoms with Crippen LogP contribution >= 0.6 is 0 Å². The molecule has 0 aliphatic carbocycles. The van der Waals surface area contributed by atoms with Crippen molar-refractivity contribution in [2.75, 3.05) is 26.2 Å². The number of piperidine rings is 1. The highest BCUT2D eigenvalue weighted by Crippen LogP contribution is 2.31. The summed E-state index contributed by atoms with van der Waals surface area (Å²) in [7, 11) is 0. The highest BCUT2D eigenvalue weighted by Gasteiger charge is 2.24. The monoisotopic (exact) mass is 460 g/mol. The van der Waals surface area contributed by atoms with Gasteiger partial charge in [-0.25, -0.2) is 4.98 Å². The Bertz CT molecular complexity index is 1090. The van der Waals surface area contributed by atoms with E-state index in [1.165, 1.54) is 49.0 Å². The first-order valence-electron chi connectivity index (χ1n) is 12.9. The Hall–Kier alpha value is -2.66. The third-order valence-electron chi connectivity index (χ3n) is 6.76. The van der Waals surface area contributed by atoms with Crippen molar-refractivity contribution >= 4 is 16.9 Å². The first-order chi connectivity index (χ1) is 16.3. The number of hydrogen-bond acceptors (Lipinski definition) is 3. The molecule has 0 bridgehead atoms. The zero-order valence-electron chi connectivity index (χ0n) is 21.3. The van der Waals surface area contributed by atoms with Gasteiger partial charge in [0.25, 0.3) is 5.91 Å². The molecule has 1 aromatic carbocycles. The van der Waals surface area contributed by atoms with E-state index in [0.29, 0.717) is 16.9 Å². The van der Waals surface area contributed by atoms with Crippen LogP contribution in [0.5, 0.6) is 0 Å². The summed E-state index contributed by atoms with van der Waals surface area (Å²) in [4.78, 5) is 19.7. The van der Waals surface area contributed by atoms with E-state index in [2.05, 4.69) is 67.0 Å². The summed E-state index contributed by atoms with van der Waals surface area (Å²) in [5, 5.41) is 4.19. The van der Waals surface area contributed by atoms with Gasteiger partial charge in [0.05, 0.1) is 0 Å². The van der Waals surface area contributed by atoms with Crippen molar-refractivity contribution in [3.05, 3.63) is 65.5 Å². The molecule has 0 spiro atoms. The minimum Gasteiger partial charge on any atom is -0.352 e. The number of unbranched alkanes of at least 4 members (excludes halogenated alkanes) is 1. The van der Waals surface area contributed by atoms with Crippen LogP contribution in [-0.4, -0.2) is 46.5 Å². The number of pyridine rings is 1. The lowest BCUT2D eigenvalue weighted by Crippen LogP contribution is -2.38. The summed E-state index contributed by atoms with van der Waals surface area (Å²) >= 11 is 0. The third kappa shape index (κ3) is 6.26. The van der Waals surface area contributed by atoms with Crippen LogP contribution in [0.4, 0.5) is 0 Å². The second kappa shape index (κ2) is 10.7. The first kappa shape index (κ1) is 24.5. The number of fused-ring (bicyclic) bond motifs is 1. The number of likely N-dealkylation sites (tertiary alicyclic amines) is 1. The second-order valence-corrected chi connectivity index (χ2v) is 11.0. The van der Waals surface area contributed by atoms with Crippen molar-refractivity contribution in [2.24, 2.45) is 5.41 Å². The van der Waals surface area contributed by atoms with Gasteiger partial charge in [0.15, 0.2) is 0 Å². The zero-order valence-corrected chi connectivity index (χ0v) is 21.3. The van der Waals surface area contributed by atoms with Crippen LogP contribution in [0.3, 0.4) is 0 Å². The first-order valence-corrected chi connectivity index (χ1v) is 12.9. The van der Waals surface area contributed by atoms with E-state index < -0.39 is 0 Å². The maximum absolute atomic E-state index is 12.2. The van der Waals surface area contributed by atoms with Gasteiger partial charge in [0, 0.05) is 43.0 Å². The highest BCUT2D eigenvalue weighted by molar-refractivity contribution is 5.94. The fourth-order valence-electron chi connectivity index (χ4n) is 4.98. The molecule has 0 unspecified atom stereocenters. The van der Waals surface area contributed by atoms with E-state index in [9.17, 15) is 4.79 Å². The van der Waals surface area contributed by atoms with Crippen LogP contribution in [0.15, 0.2) is 48.8 Å². The number of hydrogen-bond donors (Lipinski definition) is 1. The molecule has 3 aromatic rings. The topological polar surface area (TPSA) is 50.2 Å². The summed E-state index contributed by atoms with van der Waals surface area (Å²) in [6, 6.07) is 12.4. The van der Waals surface area contributed by atoms with Crippen LogP contribution in [0.1, 0.15) is 80.8 Å². The Morgan fingerprint density at radius 2 is 1.85 bits per heavy atom. The largest absolute Gasteiger partial charge is 0.352 e. The van der Waals surface area contributed by atoms with Gasteiger partial charge in [-0.2, -0.15) is 0 Å². The Morgan fingerprint density at radius 3 is 2.53 bits per heavy atom. The summed E-state index contributed by atoms with van der Waals surface area (Å²) in [5.41, 5.74) is 4.64. The standard InChI is InChI=1S/C29H40N4O/c1-5-6-14-30-28(34)24-9-7-22(8-10-24)20-33-17-13-25-18-26(19-31-27(25)33)23-11-15-32(16-12-23)21-29(2,3)4/h7-10,13,17-19,23H,5-6,11-12,14-16,20-21H2,1-4H3,(H,30,34). The zero-order chi connectivity index (χ0) is 24.1. The van der Waals surface area contributed by atoms with Crippen LogP contribution in [0.25, 0.3) is 11.0 Å². The van der Waals surface area contributed by atoms with E-state index >= 15 is 0 Å². The third-order valence-corrected chi connectivity index (χ3v) is 6.76. The maximum atomic E-state index is 12.2. The Kier molecular flexibility index (Phi) is 7.72. The molecule has 1 N–H and O–H groups in total. The summed E-state index contributed by atoms with van der Waals surface area (Å²) < 4.78 is 2.20. The highest BCUT2D eigenvalue weighted by atomic mass is 16.1. The second-order valence-electron chi connectivity index (χ2n) is 11.0. The minimum absolute atomic E-state index is 0.00449. The molecular weight excluding hydrogens is 420 g/mol. The molecule has 0 radical (unpaired) electrons. The lowest BCUT2D eigenvalue weighted by Gasteiger charge is -2.36. The minimum atomic E-state index is 0.00449. The molecule has 1 amide bonds. The average Bonchev–Trinajstić information content (AvgIpc) is 3.21. The number of carbonyl (C=O) groups is 1. The molecule has 3 heterocycles. The molecule has 0 saturated carbocycles. The predicted octanol–water partition coefficient (Wildman–Crippen LogP) is 5.84. The van der Waals surface area contributed by atoms with Crippen molar-refractivity contribution < 1.29 is 4.79 Å². The molecule has 4 rings (SSSR count). The van der Waals surface area contributed by atoms with Gasteiger partial charge in [-0.15, -0.1) is 0 Å². The summed E-state index contributed by atoms with van der Waals surface area (Å²) in [5.74, 6) is 0.609. The van der Waals surface area contributed by atoms with Crippen LogP contribution in [0, 0.1) is 5.41 Å². The number of amides is 1. The molecule has 0 atom stereocenters. The molecule has 1 aliphatic heterocycles. The SMILES string of the molecule is CCCCNC(=O)c1ccc(Cn2ccc3cc(C4CCN(CC(C)(C)C)CC4)cnc32)cc1. The van der Waals surface area contributed by atoms with Gasteiger partial charge in [-0.1, -0.05) is 46.2 Å². The Balaban J connectivity index is 1.38.